The van der Waals surface area contributed by atoms with E-state index >= 15 is 0 Å². The number of nitriles is 1. The third kappa shape index (κ3) is 6.66. The van der Waals surface area contributed by atoms with Crippen molar-refractivity contribution < 1.29 is 30.5 Å². The van der Waals surface area contributed by atoms with Crippen molar-refractivity contribution in [1.29, 1.82) is 5.26 Å². The lowest BCUT2D eigenvalue weighted by Crippen LogP contribution is -2.27. The Morgan fingerprint density at radius 2 is 1.90 bits per heavy atom. The highest BCUT2D eigenvalue weighted by atomic mass is 32.2. The van der Waals surface area contributed by atoms with E-state index in [0.717, 1.165) is 50.3 Å². The highest BCUT2D eigenvalue weighted by molar-refractivity contribution is 7.88. The smallest absolute Gasteiger partial charge is 0.494 e. The minimum Gasteiger partial charge on any atom is -0.494 e. The van der Waals surface area contributed by atoms with Crippen molar-refractivity contribution in [3.05, 3.63) is 41.1 Å². The Labute approximate surface area is 173 Å². The third-order valence-electron chi connectivity index (χ3n) is 4.23. The summed E-state index contributed by atoms with van der Waals surface area (Å²) < 4.78 is 68.7. The van der Waals surface area contributed by atoms with Gasteiger partial charge in [-0.3, -0.25) is 0 Å². The zero-order chi connectivity index (χ0) is 22.2. The number of nitrogens with one attached hydrogen (secondary N) is 1. The van der Waals surface area contributed by atoms with Crippen LogP contribution >= 0.6 is 0 Å². The van der Waals surface area contributed by atoms with Gasteiger partial charge in [0, 0.05) is 23.9 Å². The van der Waals surface area contributed by atoms with Crippen LogP contribution in [0.4, 0.5) is 13.2 Å². The number of unbranched alkanes of at least 4 members (excludes halogenated alkanes) is 5. The largest absolute Gasteiger partial charge is 0.534 e. The summed E-state index contributed by atoms with van der Waals surface area (Å²) in [7, 11) is -4.52. The maximum atomic E-state index is 12.5. The molecule has 0 aromatic carbocycles. The monoisotopic (exact) mass is 445 g/mol. The van der Waals surface area contributed by atoms with Gasteiger partial charge in [0.05, 0.1) is 13.2 Å². The lowest BCUT2D eigenvalue weighted by molar-refractivity contribution is -0.0504. The van der Waals surface area contributed by atoms with E-state index in [0.29, 0.717) is 12.1 Å². The van der Waals surface area contributed by atoms with Crippen molar-refractivity contribution in [3.63, 3.8) is 0 Å². The molecule has 0 fully saturated rings. The zero-order valence-electron chi connectivity index (χ0n) is 16.3. The van der Waals surface area contributed by atoms with Crippen LogP contribution in [0, 0.1) is 11.3 Å². The Morgan fingerprint density at radius 1 is 1.20 bits per heavy atom. The van der Waals surface area contributed by atoms with Gasteiger partial charge in [-0.05, 0) is 37.5 Å². The molecule has 1 N–H and O–H groups in total. The number of rotatable bonds is 10. The average molecular weight is 445 g/mol. The number of nitrogens with zero attached hydrogens (tertiary/aromatic N) is 2. The van der Waals surface area contributed by atoms with E-state index in [2.05, 4.69) is 20.2 Å². The molecule has 164 valence electrons. The van der Waals surface area contributed by atoms with Crippen LogP contribution in [-0.2, 0) is 25.5 Å². The normalized spacial score (nSPS) is 15.6. The molecule has 0 atom stereocenters. The van der Waals surface area contributed by atoms with Gasteiger partial charge in [0.25, 0.3) is 0 Å². The van der Waals surface area contributed by atoms with E-state index in [-0.39, 0.29) is 11.5 Å². The number of aromatic amines is 1. The number of aromatic nitrogens is 1. The number of ether oxygens (including phenoxy) is 1. The van der Waals surface area contributed by atoms with Gasteiger partial charge in [-0.15, -0.1) is 0 Å². The number of hydrogen-bond acceptors (Lipinski definition) is 6. The van der Waals surface area contributed by atoms with E-state index in [9.17, 15) is 21.6 Å². The van der Waals surface area contributed by atoms with Crippen molar-refractivity contribution >= 4 is 22.1 Å². The lowest BCUT2D eigenvalue weighted by atomic mass is 10.1. The summed E-state index contributed by atoms with van der Waals surface area (Å²) in [6, 6.07) is 5.80. The number of alkyl halides is 3. The van der Waals surface area contributed by atoms with Crippen molar-refractivity contribution in [1.82, 2.24) is 4.98 Å². The van der Waals surface area contributed by atoms with E-state index in [4.69, 9.17) is 10.00 Å². The molecule has 0 radical (unpaired) electrons. The number of hydrogen-bond donors (Lipinski definition) is 1. The summed E-state index contributed by atoms with van der Waals surface area (Å²) in [4.78, 5) is 6.94. The Morgan fingerprint density at radius 3 is 2.57 bits per heavy atom. The van der Waals surface area contributed by atoms with E-state index in [1.165, 1.54) is 13.2 Å². The summed E-state index contributed by atoms with van der Waals surface area (Å²) in [6.45, 7) is 0. The molecule has 0 unspecified atom stereocenters. The Hall–Kier alpha value is -2.74. The standard InChI is InChI=1S/C19H22F3N3O4S/c1-28-17-13-18(29-30(26,27)19(20,21)22)25-16(17)12-15-10-9-14(24-15)8-6-4-2-3-5-7-11-23/h9-10,12-13,24H,2-8H2,1H3/b16-12-. The third-order valence-corrected chi connectivity index (χ3v) is 5.19. The van der Waals surface area contributed by atoms with Gasteiger partial charge in [0.15, 0.2) is 0 Å². The molecule has 0 saturated heterocycles. The fourth-order valence-corrected chi connectivity index (χ4v) is 3.15. The Balaban J connectivity index is 1.97. The van der Waals surface area contributed by atoms with Crippen molar-refractivity contribution in [2.24, 2.45) is 4.99 Å². The van der Waals surface area contributed by atoms with E-state index < -0.39 is 21.5 Å². The molecule has 7 nitrogen and oxygen atoms in total. The molecule has 2 heterocycles. The van der Waals surface area contributed by atoms with E-state index in [1.54, 1.807) is 6.07 Å². The number of methoxy groups -OCH3 is 1. The van der Waals surface area contributed by atoms with Gasteiger partial charge in [-0.25, -0.2) is 4.99 Å². The molecule has 0 aliphatic carbocycles. The predicted molar refractivity (Wildman–Crippen MR) is 104 cm³/mol. The van der Waals surface area contributed by atoms with Gasteiger partial charge in [-0.2, -0.15) is 26.9 Å². The predicted octanol–water partition coefficient (Wildman–Crippen LogP) is 4.57. The minimum absolute atomic E-state index is 0.0795. The molecule has 11 heteroatoms. The van der Waals surface area contributed by atoms with E-state index in [1.807, 2.05) is 6.07 Å². The summed E-state index contributed by atoms with van der Waals surface area (Å²) in [5.41, 5.74) is -3.79. The van der Waals surface area contributed by atoms with Crippen molar-refractivity contribution in [3.8, 4) is 6.07 Å². The first-order valence-electron chi connectivity index (χ1n) is 9.28. The van der Waals surface area contributed by atoms with Crippen LogP contribution in [0.25, 0.3) is 6.08 Å². The molecular weight excluding hydrogens is 423 g/mol. The Bertz CT molecular complexity index is 970. The van der Waals surface area contributed by atoms with Crippen LogP contribution in [-0.4, -0.2) is 31.9 Å². The van der Waals surface area contributed by atoms with Crippen LogP contribution in [0.15, 0.2) is 34.7 Å². The molecule has 1 aromatic rings. The maximum Gasteiger partial charge on any atom is 0.534 e. The van der Waals surface area contributed by atoms with Gasteiger partial charge in [0.1, 0.15) is 11.5 Å². The summed E-state index contributed by atoms with van der Waals surface area (Å²) in [5, 5.41) is 8.49. The summed E-state index contributed by atoms with van der Waals surface area (Å²) in [6.07, 6.45) is 8.98. The molecular formula is C19H22F3N3O4S. The first kappa shape index (κ1) is 23.5. The second kappa shape index (κ2) is 10.3. The highest BCUT2D eigenvalue weighted by Crippen LogP contribution is 2.28. The SMILES string of the molecule is COC1=CC(OS(=O)(=O)C(F)(F)F)=N/C1=C\c1ccc(CCCCCCCC#N)[nH]1. The first-order valence-corrected chi connectivity index (χ1v) is 10.7. The highest BCUT2D eigenvalue weighted by Gasteiger charge is 2.49. The molecule has 1 aliphatic rings. The van der Waals surface area contributed by atoms with Gasteiger partial charge < -0.3 is 13.9 Å². The first-order chi connectivity index (χ1) is 14.2. The van der Waals surface area contributed by atoms with Gasteiger partial charge >= 0.3 is 15.6 Å². The molecule has 1 aromatic heterocycles. The van der Waals surface area contributed by atoms with Crippen LogP contribution in [0.5, 0.6) is 0 Å². The number of aryl methyl sites for hydroxylation is 1. The van der Waals surface area contributed by atoms with Crippen LogP contribution < -0.4 is 0 Å². The number of H-pyrrole nitrogens is 1. The van der Waals surface area contributed by atoms with Gasteiger partial charge in [-0.1, -0.05) is 19.3 Å². The summed E-state index contributed by atoms with van der Waals surface area (Å²) in [5.74, 6) is -0.644. The minimum atomic E-state index is -5.81. The summed E-state index contributed by atoms with van der Waals surface area (Å²) >= 11 is 0. The fourth-order valence-electron chi connectivity index (χ4n) is 2.75. The number of halogens is 3. The van der Waals surface area contributed by atoms with Crippen LogP contribution in [0.2, 0.25) is 0 Å². The fraction of sp³-hybridized carbons (Fsp3) is 0.474. The average Bonchev–Trinajstić information content (AvgIpc) is 3.26. The molecule has 2 rings (SSSR count). The van der Waals surface area contributed by atoms with Crippen LogP contribution in [0.3, 0.4) is 0 Å². The van der Waals surface area contributed by atoms with Crippen molar-refractivity contribution in [2.45, 2.75) is 50.5 Å². The molecule has 0 spiro atoms. The van der Waals surface area contributed by atoms with Crippen LogP contribution in [0.1, 0.15) is 49.9 Å². The molecule has 0 saturated carbocycles. The molecule has 0 amide bonds. The maximum absolute atomic E-state index is 12.5. The lowest BCUT2D eigenvalue weighted by Gasteiger charge is -2.07. The quantitative estimate of drug-likeness (QED) is 0.323. The Kier molecular flexibility index (Phi) is 8.11. The second-order valence-electron chi connectivity index (χ2n) is 6.54. The topological polar surface area (TPSA) is 105 Å². The zero-order valence-corrected chi connectivity index (χ0v) is 17.1. The number of aliphatic imine (C=N–C) groups is 1. The molecule has 0 bridgehead atoms. The van der Waals surface area contributed by atoms with Gasteiger partial charge in [0.2, 0.25) is 5.90 Å². The molecule has 30 heavy (non-hydrogen) atoms. The second-order valence-corrected chi connectivity index (χ2v) is 8.08. The molecule has 1 aliphatic heterocycles. The van der Waals surface area contributed by atoms with Crippen molar-refractivity contribution in [2.75, 3.05) is 7.11 Å².